The van der Waals surface area contributed by atoms with E-state index >= 15 is 0 Å². The number of carbonyl (C=O) groups is 1. The number of aliphatic hydroxyl groups excluding tert-OH is 1. The van der Waals surface area contributed by atoms with Gasteiger partial charge in [0.25, 0.3) is 0 Å². The van der Waals surface area contributed by atoms with Crippen LogP contribution in [0.4, 0.5) is 13.2 Å². The second-order valence-electron chi connectivity index (χ2n) is 3.90. The van der Waals surface area contributed by atoms with Crippen molar-refractivity contribution in [3.8, 4) is 0 Å². The number of halogens is 4. The first kappa shape index (κ1) is 16.5. The Hall–Kier alpha value is -0.530. The van der Waals surface area contributed by atoms with Gasteiger partial charge in [0.05, 0.1) is 12.5 Å². The van der Waals surface area contributed by atoms with E-state index in [0.29, 0.717) is 13.1 Å². The molecule has 2 unspecified atom stereocenters. The lowest BCUT2D eigenvalue weighted by molar-refractivity contribution is -0.144. The van der Waals surface area contributed by atoms with Gasteiger partial charge in [-0.05, 0) is 0 Å². The molecular weight excluding hydrogens is 261 g/mol. The molecule has 0 radical (unpaired) electrons. The molecule has 1 aliphatic heterocycles. The van der Waals surface area contributed by atoms with Gasteiger partial charge in [0.15, 0.2) is 0 Å². The molecule has 0 aromatic carbocycles. The van der Waals surface area contributed by atoms with Crippen LogP contribution in [0, 0.1) is 5.92 Å². The number of rotatable bonds is 4. The van der Waals surface area contributed by atoms with Crippen LogP contribution < -0.4 is 10.6 Å². The van der Waals surface area contributed by atoms with E-state index in [1.807, 2.05) is 0 Å². The van der Waals surface area contributed by atoms with Gasteiger partial charge < -0.3 is 15.7 Å². The fraction of sp³-hybridized carbons (Fsp3) is 0.889. The van der Waals surface area contributed by atoms with E-state index < -0.39 is 31.0 Å². The minimum absolute atomic E-state index is 0. The van der Waals surface area contributed by atoms with Crippen molar-refractivity contribution in [1.29, 1.82) is 0 Å². The first-order chi connectivity index (χ1) is 7.38. The number of amides is 1. The predicted molar refractivity (Wildman–Crippen MR) is 57.9 cm³/mol. The maximum Gasteiger partial charge on any atom is 0.389 e. The highest BCUT2D eigenvalue weighted by molar-refractivity contribution is 5.85. The Bertz CT molecular complexity index is 251. The van der Waals surface area contributed by atoms with Crippen molar-refractivity contribution >= 4 is 18.3 Å². The van der Waals surface area contributed by atoms with Gasteiger partial charge in [-0.3, -0.25) is 4.79 Å². The standard InChI is InChI=1S/C9H15F3N2O2.ClH/c10-9(11,12)2-1-8(16)14-4-6-3-13-5-7(6)15;/h6-7,13,15H,1-5H2,(H,14,16);1H. The van der Waals surface area contributed by atoms with Crippen molar-refractivity contribution in [2.24, 2.45) is 5.92 Å². The summed E-state index contributed by atoms with van der Waals surface area (Å²) in [5.74, 6) is -0.744. The highest BCUT2D eigenvalue weighted by Crippen LogP contribution is 2.21. The normalized spacial score (nSPS) is 24.2. The second-order valence-corrected chi connectivity index (χ2v) is 3.90. The van der Waals surface area contributed by atoms with E-state index in [0.717, 1.165) is 0 Å². The van der Waals surface area contributed by atoms with Crippen molar-refractivity contribution in [3.63, 3.8) is 0 Å². The van der Waals surface area contributed by atoms with E-state index in [1.54, 1.807) is 0 Å². The predicted octanol–water partition coefficient (Wildman–Crippen LogP) is 0.447. The summed E-state index contributed by atoms with van der Waals surface area (Å²) < 4.78 is 35.4. The number of aliphatic hydroxyl groups is 1. The van der Waals surface area contributed by atoms with Crippen LogP contribution in [0.25, 0.3) is 0 Å². The highest BCUT2D eigenvalue weighted by atomic mass is 35.5. The zero-order chi connectivity index (χ0) is 12.2. The summed E-state index contributed by atoms with van der Waals surface area (Å²) in [6.45, 7) is 1.24. The number of hydrogen-bond donors (Lipinski definition) is 3. The quantitative estimate of drug-likeness (QED) is 0.699. The molecule has 1 aliphatic rings. The molecule has 0 spiro atoms. The Morgan fingerprint density at radius 2 is 2.06 bits per heavy atom. The van der Waals surface area contributed by atoms with Gasteiger partial charge in [-0.1, -0.05) is 0 Å². The van der Waals surface area contributed by atoms with Crippen LogP contribution in [0.15, 0.2) is 0 Å². The SMILES string of the molecule is Cl.O=C(CCC(F)(F)F)NCC1CNCC1O. The maximum absolute atomic E-state index is 11.8. The monoisotopic (exact) mass is 276 g/mol. The van der Waals surface area contributed by atoms with Gasteiger partial charge >= 0.3 is 6.18 Å². The highest BCUT2D eigenvalue weighted by Gasteiger charge is 2.29. The van der Waals surface area contributed by atoms with Gasteiger partial charge in [-0.25, -0.2) is 0 Å². The Kier molecular flexibility index (Phi) is 6.81. The third kappa shape index (κ3) is 6.70. The summed E-state index contributed by atoms with van der Waals surface area (Å²) in [6, 6.07) is 0. The molecular formula is C9H16ClF3N2O2. The lowest BCUT2D eigenvalue weighted by atomic mass is 10.1. The van der Waals surface area contributed by atoms with Crippen LogP contribution in [-0.4, -0.2) is 42.9 Å². The molecule has 0 saturated carbocycles. The zero-order valence-electron chi connectivity index (χ0n) is 9.09. The van der Waals surface area contributed by atoms with Crippen molar-refractivity contribution in [1.82, 2.24) is 10.6 Å². The van der Waals surface area contributed by atoms with E-state index in [2.05, 4.69) is 10.6 Å². The summed E-state index contributed by atoms with van der Waals surface area (Å²) in [4.78, 5) is 11.0. The number of hydrogen-bond acceptors (Lipinski definition) is 3. The van der Waals surface area contributed by atoms with Crippen molar-refractivity contribution in [2.45, 2.75) is 25.1 Å². The maximum atomic E-state index is 11.8. The summed E-state index contributed by atoms with van der Waals surface area (Å²) >= 11 is 0. The number of carbonyl (C=O) groups excluding carboxylic acids is 1. The third-order valence-electron chi connectivity index (χ3n) is 2.50. The molecule has 1 heterocycles. The fourth-order valence-corrected chi connectivity index (χ4v) is 1.52. The topological polar surface area (TPSA) is 61.4 Å². The molecule has 4 nitrogen and oxygen atoms in total. The Morgan fingerprint density at radius 1 is 1.41 bits per heavy atom. The van der Waals surface area contributed by atoms with Gasteiger partial charge in [-0.15, -0.1) is 12.4 Å². The number of alkyl halides is 3. The molecule has 1 rings (SSSR count). The summed E-state index contributed by atoms with van der Waals surface area (Å²) in [5, 5.41) is 14.7. The molecule has 1 saturated heterocycles. The van der Waals surface area contributed by atoms with Gasteiger partial charge in [0.1, 0.15) is 0 Å². The Balaban J connectivity index is 0.00000256. The lowest BCUT2D eigenvalue weighted by Gasteiger charge is -2.14. The van der Waals surface area contributed by atoms with E-state index in [4.69, 9.17) is 0 Å². The average Bonchev–Trinajstić information content (AvgIpc) is 2.57. The molecule has 0 aromatic rings. The second kappa shape index (κ2) is 7.03. The molecule has 2 atom stereocenters. The van der Waals surface area contributed by atoms with Crippen molar-refractivity contribution in [3.05, 3.63) is 0 Å². The summed E-state index contributed by atoms with van der Waals surface area (Å²) in [7, 11) is 0. The molecule has 1 amide bonds. The number of nitrogens with one attached hydrogen (secondary N) is 2. The van der Waals surface area contributed by atoms with Crippen LogP contribution in [0.2, 0.25) is 0 Å². The molecule has 3 N–H and O–H groups in total. The minimum atomic E-state index is -4.30. The van der Waals surface area contributed by atoms with Crippen molar-refractivity contribution in [2.75, 3.05) is 19.6 Å². The van der Waals surface area contributed by atoms with E-state index in [1.165, 1.54) is 0 Å². The average molecular weight is 277 g/mol. The summed E-state index contributed by atoms with van der Waals surface area (Å²) in [5.41, 5.74) is 0. The Labute approximate surface area is 103 Å². The smallest absolute Gasteiger partial charge is 0.389 e. The lowest BCUT2D eigenvalue weighted by Crippen LogP contribution is -2.34. The minimum Gasteiger partial charge on any atom is -0.391 e. The van der Waals surface area contributed by atoms with Gasteiger partial charge in [0.2, 0.25) is 5.91 Å². The molecule has 0 aromatic heterocycles. The zero-order valence-corrected chi connectivity index (χ0v) is 9.90. The van der Waals surface area contributed by atoms with Crippen LogP contribution >= 0.6 is 12.4 Å². The Morgan fingerprint density at radius 3 is 2.53 bits per heavy atom. The largest absolute Gasteiger partial charge is 0.391 e. The van der Waals surface area contributed by atoms with Crippen LogP contribution in [0.5, 0.6) is 0 Å². The van der Waals surface area contributed by atoms with Gasteiger partial charge in [-0.2, -0.15) is 13.2 Å². The molecule has 0 bridgehead atoms. The van der Waals surface area contributed by atoms with Gasteiger partial charge in [0, 0.05) is 32.0 Å². The van der Waals surface area contributed by atoms with Crippen LogP contribution in [-0.2, 0) is 4.79 Å². The first-order valence-corrected chi connectivity index (χ1v) is 5.11. The van der Waals surface area contributed by atoms with E-state index in [-0.39, 0.29) is 24.9 Å². The van der Waals surface area contributed by atoms with Crippen molar-refractivity contribution < 1.29 is 23.1 Å². The molecule has 17 heavy (non-hydrogen) atoms. The fourth-order valence-electron chi connectivity index (χ4n) is 1.52. The number of β-amino-alcohol motifs (C(OH)–C–C–N with tert-alkyl or cyclic N) is 1. The third-order valence-corrected chi connectivity index (χ3v) is 2.50. The molecule has 102 valence electrons. The molecule has 1 fully saturated rings. The van der Waals surface area contributed by atoms with E-state index in [9.17, 15) is 23.1 Å². The summed E-state index contributed by atoms with van der Waals surface area (Å²) in [6.07, 6.45) is -6.50. The molecule has 8 heteroatoms. The first-order valence-electron chi connectivity index (χ1n) is 5.11. The molecule has 0 aliphatic carbocycles. The van der Waals surface area contributed by atoms with Crippen LogP contribution in [0.1, 0.15) is 12.8 Å². The van der Waals surface area contributed by atoms with Crippen LogP contribution in [0.3, 0.4) is 0 Å².